The predicted molar refractivity (Wildman–Crippen MR) is 106 cm³/mol. The highest BCUT2D eigenvalue weighted by Gasteiger charge is 2.36. The maximum atomic E-state index is 12.5. The largest absolute Gasteiger partial charge is 0.280 e. The van der Waals surface area contributed by atoms with Gasteiger partial charge in [0.1, 0.15) is 0 Å². The van der Waals surface area contributed by atoms with Crippen LogP contribution >= 0.6 is 0 Å². The number of nitrogens with one attached hydrogen (secondary N) is 1. The van der Waals surface area contributed by atoms with Crippen molar-refractivity contribution in [3.8, 4) is 0 Å². The number of aryl methyl sites for hydroxylation is 1. The third-order valence-corrected chi connectivity index (χ3v) is 5.85. The van der Waals surface area contributed by atoms with E-state index >= 15 is 0 Å². The zero-order valence-electron chi connectivity index (χ0n) is 14.9. The molecule has 1 heterocycles. The van der Waals surface area contributed by atoms with Crippen molar-refractivity contribution in [3.63, 3.8) is 0 Å². The molecular weight excluding hydrogens is 376 g/mol. The Bertz CT molecular complexity index is 1170. The van der Waals surface area contributed by atoms with Crippen molar-refractivity contribution in [3.05, 3.63) is 89.5 Å². The minimum absolute atomic E-state index is 0.164. The zero-order chi connectivity index (χ0) is 19.9. The van der Waals surface area contributed by atoms with Crippen LogP contribution in [0.15, 0.2) is 77.7 Å². The zero-order valence-corrected chi connectivity index (χ0v) is 15.7. The quantitative estimate of drug-likeness (QED) is 0.688. The van der Waals surface area contributed by atoms with Gasteiger partial charge in [0.25, 0.3) is 21.8 Å². The first-order valence-electron chi connectivity index (χ1n) is 8.54. The summed E-state index contributed by atoms with van der Waals surface area (Å²) in [6, 6.07) is 19.3. The second-order valence-electron chi connectivity index (χ2n) is 6.46. The Morgan fingerprint density at radius 2 is 1.39 bits per heavy atom. The number of anilines is 2. The molecule has 0 radical (unpaired) electrons. The fourth-order valence-electron chi connectivity index (χ4n) is 3.10. The van der Waals surface area contributed by atoms with Gasteiger partial charge in [0.15, 0.2) is 0 Å². The molecule has 0 spiro atoms. The van der Waals surface area contributed by atoms with Crippen molar-refractivity contribution >= 4 is 33.2 Å². The van der Waals surface area contributed by atoms with E-state index in [4.69, 9.17) is 0 Å². The number of fused-ring (bicyclic) bond motifs is 1. The van der Waals surface area contributed by atoms with Gasteiger partial charge < -0.3 is 0 Å². The molecule has 1 aliphatic heterocycles. The number of rotatable bonds is 4. The summed E-state index contributed by atoms with van der Waals surface area (Å²) < 4.78 is 27.5. The normalized spacial score (nSPS) is 13.5. The summed E-state index contributed by atoms with van der Waals surface area (Å²) in [5.74, 6) is -0.789. The molecule has 6 nitrogen and oxygen atoms in total. The number of imide groups is 1. The van der Waals surface area contributed by atoms with Gasteiger partial charge in [-0.15, -0.1) is 0 Å². The van der Waals surface area contributed by atoms with Gasteiger partial charge in [-0.1, -0.05) is 24.3 Å². The Morgan fingerprint density at radius 1 is 0.786 bits per heavy atom. The van der Waals surface area contributed by atoms with E-state index in [9.17, 15) is 18.0 Å². The second-order valence-corrected chi connectivity index (χ2v) is 8.14. The van der Waals surface area contributed by atoms with Crippen LogP contribution < -0.4 is 9.62 Å². The number of hydrogen-bond acceptors (Lipinski definition) is 4. The van der Waals surface area contributed by atoms with Crippen molar-refractivity contribution in [2.45, 2.75) is 11.8 Å². The average Bonchev–Trinajstić information content (AvgIpc) is 2.93. The van der Waals surface area contributed by atoms with Crippen molar-refractivity contribution in [1.29, 1.82) is 0 Å². The van der Waals surface area contributed by atoms with Gasteiger partial charge in [0.2, 0.25) is 0 Å². The van der Waals surface area contributed by atoms with E-state index in [0.717, 1.165) is 10.5 Å². The Balaban J connectivity index is 1.59. The predicted octanol–water partition coefficient (Wildman–Crippen LogP) is 3.60. The van der Waals surface area contributed by atoms with Crippen LogP contribution in [0, 0.1) is 6.92 Å². The van der Waals surface area contributed by atoms with Gasteiger partial charge in [-0.2, -0.15) is 0 Å². The van der Waals surface area contributed by atoms with Crippen LogP contribution in [0.1, 0.15) is 26.3 Å². The standard InChI is InChI=1S/C21H16N2O4S/c1-14-5-4-6-17(13-14)28(26,27)22-15-9-11-16(12-10-15)23-20(24)18-7-2-3-8-19(18)21(23)25/h2-13,22H,1H3. The first-order chi connectivity index (χ1) is 13.4. The molecule has 0 fully saturated rings. The maximum Gasteiger partial charge on any atom is 0.266 e. The summed E-state index contributed by atoms with van der Waals surface area (Å²) in [6.45, 7) is 1.82. The number of benzene rings is 3. The monoisotopic (exact) mass is 392 g/mol. The average molecular weight is 392 g/mol. The molecule has 0 atom stereocenters. The van der Waals surface area contributed by atoms with Crippen LogP contribution in [-0.4, -0.2) is 20.2 Å². The second kappa shape index (κ2) is 6.61. The molecule has 1 aliphatic rings. The lowest BCUT2D eigenvalue weighted by atomic mass is 10.1. The number of sulfonamides is 1. The van der Waals surface area contributed by atoms with Crippen molar-refractivity contribution in [1.82, 2.24) is 0 Å². The van der Waals surface area contributed by atoms with E-state index in [1.807, 2.05) is 13.0 Å². The lowest BCUT2D eigenvalue weighted by Crippen LogP contribution is -2.29. The molecule has 3 aromatic carbocycles. The van der Waals surface area contributed by atoms with Crippen LogP contribution in [0.5, 0.6) is 0 Å². The van der Waals surface area contributed by atoms with E-state index in [-0.39, 0.29) is 4.90 Å². The minimum atomic E-state index is -3.73. The molecule has 140 valence electrons. The van der Waals surface area contributed by atoms with Crippen LogP contribution in [0.25, 0.3) is 0 Å². The molecule has 3 aromatic rings. The van der Waals surface area contributed by atoms with Gasteiger partial charge in [-0.05, 0) is 61.0 Å². The fourth-order valence-corrected chi connectivity index (χ4v) is 4.26. The number of carbonyl (C=O) groups is 2. The highest BCUT2D eigenvalue weighted by atomic mass is 32.2. The molecule has 28 heavy (non-hydrogen) atoms. The lowest BCUT2D eigenvalue weighted by molar-refractivity contribution is 0.0926. The number of carbonyl (C=O) groups excluding carboxylic acids is 2. The van der Waals surface area contributed by atoms with Crippen molar-refractivity contribution < 1.29 is 18.0 Å². The van der Waals surface area contributed by atoms with Gasteiger partial charge >= 0.3 is 0 Å². The molecule has 7 heteroatoms. The smallest absolute Gasteiger partial charge is 0.266 e. The van der Waals surface area contributed by atoms with Gasteiger partial charge in [0, 0.05) is 5.69 Å². The molecule has 2 amide bonds. The topological polar surface area (TPSA) is 83.6 Å². The molecule has 0 aliphatic carbocycles. The summed E-state index contributed by atoms with van der Waals surface area (Å²) in [5.41, 5.74) is 2.27. The first kappa shape index (κ1) is 17.9. The molecule has 0 saturated heterocycles. The van der Waals surface area contributed by atoms with Crippen LogP contribution in [-0.2, 0) is 10.0 Å². The highest BCUT2D eigenvalue weighted by Crippen LogP contribution is 2.29. The van der Waals surface area contributed by atoms with E-state index < -0.39 is 21.8 Å². The first-order valence-corrected chi connectivity index (χ1v) is 10.0. The number of amides is 2. The van der Waals surface area contributed by atoms with Gasteiger partial charge in [-0.25, -0.2) is 13.3 Å². The van der Waals surface area contributed by atoms with Crippen LogP contribution in [0.2, 0.25) is 0 Å². The van der Waals surface area contributed by atoms with Crippen LogP contribution in [0.4, 0.5) is 11.4 Å². The Morgan fingerprint density at radius 3 is 1.96 bits per heavy atom. The molecule has 0 bridgehead atoms. The van der Waals surface area contributed by atoms with E-state index in [0.29, 0.717) is 22.5 Å². The minimum Gasteiger partial charge on any atom is -0.280 e. The Kier molecular flexibility index (Phi) is 4.24. The van der Waals surface area contributed by atoms with Gasteiger partial charge in [0.05, 0.1) is 21.7 Å². The highest BCUT2D eigenvalue weighted by molar-refractivity contribution is 7.92. The number of hydrogen-bond donors (Lipinski definition) is 1. The summed E-state index contributed by atoms with van der Waals surface area (Å²) in [5, 5.41) is 0. The molecule has 1 N–H and O–H groups in total. The SMILES string of the molecule is Cc1cccc(S(=O)(=O)Nc2ccc(N3C(=O)c4ccccc4C3=O)cc2)c1. The van der Waals surface area contributed by atoms with Crippen molar-refractivity contribution in [2.24, 2.45) is 0 Å². The lowest BCUT2D eigenvalue weighted by Gasteiger charge is -2.15. The molecule has 4 rings (SSSR count). The summed E-state index contributed by atoms with van der Waals surface area (Å²) >= 11 is 0. The third-order valence-electron chi connectivity index (χ3n) is 4.47. The Labute approximate surface area is 162 Å². The molecule has 0 saturated carbocycles. The Hall–Kier alpha value is -3.45. The molecule has 0 unspecified atom stereocenters. The molecule has 0 aromatic heterocycles. The summed E-state index contributed by atoms with van der Waals surface area (Å²) in [7, 11) is -3.73. The van der Waals surface area contributed by atoms with Gasteiger partial charge in [-0.3, -0.25) is 14.3 Å². The maximum absolute atomic E-state index is 12.5. The van der Waals surface area contributed by atoms with Crippen molar-refractivity contribution in [2.75, 3.05) is 9.62 Å². The van der Waals surface area contributed by atoms with E-state index in [1.165, 1.54) is 30.3 Å². The summed E-state index contributed by atoms with van der Waals surface area (Å²) in [4.78, 5) is 26.3. The fraction of sp³-hybridized carbons (Fsp3) is 0.0476. The van der Waals surface area contributed by atoms with E-state index in [1.54, 1.807) is 36.4 Å². The van der Waals surface area contributed by atoms with Crippen LogP contribution in [0.3, 0.4) is 0 Å². The van der Waals surface area contributed by atoms with E-state index in [2.05, 4.69) is 4.72 Å². The summed E-state index contributed by atoms with van der Waals surface area (Å²) in [6.07, 6.45) is 0. The number of nitrogens with zero attached hydrogens (tertiary/aromatic N) is 1. The molecular formula is C21H16N2O4S. The third kappa shape index (κ3) is 3.05.